The smallest absolute Gasteiger partial charge is 0.191 e. The minimum absolute atomic E-state index is 0.357. The number of methoxy groups -OCH3 is 1. The highest BCUT2D eigenvalue weighted by Crippen LogP contribution is 2.06. The third kappa shape index (κ3) is 6.98. The topological polar surface area (TPSA) is 45.7 Å². The van der Waals surface area contributed by atoms with Gasteiger partial charge in [0, 0.05) is 26.7 Å². The van der Waals surface area contributed by atoms with Crippen LogP contribution in [0.2, 0.25) is 0 Å². The van der Waals surface area contributed by atoms with Gasteiger partial charge in [-0.1, -0.05) is 54.6 Å². The first kappa shape index (κ1) is 19.0. The standard InChI is InChI=1S/C21H29N3O/c1-17(9-10-18-7-5-4-6-8-18)24-21(22-2)23-15-19-11-13-20(14-12-19)16-25-3/h4-8,11-14,17H,9-10,15-16H2,1-3H3,(H2,22,23,24). The van der Waals surface area contributed by atoms with E-state index in [0.29, 0.717) is 12.6 Å². The number of ether oxygens (including phenoxy) is 1. The van der Waals surface area contributed by atoms with E-state index < -0.39 is 0 Å². The predicted octanol–water partition coefficient (Wildman–Crippen LogP) is 3.52. The zero-order valence-corrected chi connectivity index (χ0v) is 15.5. The molecule has 0 aliphatic carbocycles. The van der Waals surface area contributed by atoms with Crippen molar-refractivity contribution in [3.63, 3.8) is 0 Å². The largest absolute Gasteiger partial charge is 0.380 e. The second-order valence-electron chi connectivity index (χ2n) is 6.24. The molecule has 4 heteroatoms. The van der Waals surface area contributed by atoms with Crippen molar-refractivity contribution in [3.8, 4) is 0 Å². The monoisotopic (exact) mass is 339 g/mol. The van der Waals surface area contributed by atoms with Gasteiger partial charge in [-0.15, -0.1) is 0 Å². The Balaban J connectivity index is 1.75. The summed E-state index contributed by atoms with van der Waals surface area (Å²) in [6.07, 6.45) is 2.13. The summed E-state index contributed by atoms with van der Waals surface area (Å²) in [5.74, 6) is 0.835. The van der Waals surface area contributed by atoms with Crippen LogP contribution in [-0.2, 0) is 24.3 Å². The fourth-order valence-electron chi connectivity index (χ4n) is 2.63. The maximum atomic E-state index is 5.14. The Morgan fingerprint density at radius 1 is 1.00 bits per heavy atom. The van der Waals surface area contributed by atoms with E-state index in [2.05, 4.69) is 77.1 Å². The average molecular weight is 339 g/mol. The molecule has 1 atom stereocenters. The quantitative estimate of drug-likeness (QED) is 0.571. The first-order chi connectivity index (χ1) is 12.2. The molecule has 1 unspecified atom stereocenters. The number of aliphatic imine (C=N–C) groups is 1. The number of nitrogens with one attached hydrogen (secondary N) is 2. The molecule has 134 valence electrons. The van der Waals surface area contributed by atoms with Gasteiger partial charge in [0.25, 0.3) is 0 Å². The molecular weight excluding hydrogens is 310 g/mol. The van der Waals surface area contributed by atoms with Crippen molar-refractivity contribution in [2.75, 3.05) is 14.2 Å². The number of aryl methyl sites for hydroxylation is 1. The number of guanidine groups is 1. The van der Waals surface area contributed by atoms with Gasteiger partial charge in [0.05, 0.1) is 6.61 Å². The lowest BCUT2D eigenvalue weighted by atomic mass is 10.1. The molecule has 0 spiro atoms. The first-order valence-corrected chi connectivity index (χ1v) is 8.79. The van der Waals surface area contributed by atoms with Gasteiger partial charge in [-0.2, -0.15) is 0 Å². The molecule has 0 saturated carbocycles. The third-order valence-electron chi connectivity index (χ3n) is 4.11. The van der Waals surface area contributed by atoms with E-state index >= 15 is 0 Å². The number of rotatable bonds is 8. The molecule has 2 rings (SSSR count). The molecule has 4 nitrogen and oxygen atoms in total. The maximum Gasteiger partial charge on any atom is 0.191 e. The van der Waals surface area contributed by atoms with Gasteiger partial charge in [-0.05, 0) is 36.5 Å². The molecule has 2 N–H and O–H groups in total. The van der Waals surface area contributed by atoms with E-state index in [4.69, 9.17) is 4.74 Å². The molecule has 0 aliphatic rings. The number of hydrogen-bond acceptors (Lipinski definition) is 2. The fraction of sp³-hybridized carbons (Fsp3) is 0.381. The van der Waals surface area contributed by atoms with Crippen molar-refractivity contribution in [2.24, 2.45) is 4.99 Å². The third-order valence-corrected chi connectivity index (χ3v) is 4.11. The molecule has 0 heterocycles. The van der Waals surface area contributed by atoms with E-state index in [9.17, 15) is 0 Å². The molecule has 0 radical (unpaired) electrons. The molecule has 0 fully saturated rings. The van der Waals surface area contributed by atoms with E-state index in [1.165, 1.54) is 16.7 Å². The van der Waals surface area contributed by atoms with Crippen LogP contribution in [0.1, 0.15) is 30.0 Å². The lowest BCUT2D eigenvalue weighted by molar-refractivity contribution is 0.185. The van der Waals surface area contributed by atoms with Crippen LogP contribution >= 0.6 is 0 Å². The van der Waals surface area contributed by atoms with Gasteiger partial charge >= 0.3 is 0 Å². The zero-order chi connectivity index (χ0) is 17.9. The average Bonchev–Trinajstić information content (AvgIpc) is 2.65. The highest BCUT2D eigenvalue weighted by molar-refractivity contribution is 5.79. The van der Waals surface area contributed by atoms with Gasteiger partial charge < -0.3 is 15.4 Å². The Hall–Kier alpha value is -2.33. The Morgan fingerprint density at radius 3 is 2.32 bits per heavy atom. The van der Waals surface area contributed by atoms with E-state index in [1.807, 2.05) is 0 Å². The van der Waals surface area contributed by atoms with Crippen LogP contribution in [0.3, 0.4) is 0 Å². The van der Waals surface area contributed by atoms with Crippen LogP contribution in [0.25, 0.3) is 0 Å². The van der Waals surface area contributed by atoms with E-state index in [-0.39, 0.29) is 0 Å². The number of nitrogens with zero attached hydrogens (tertiary/aromatic N) is 1. The molecule has 0 amide bonds. The second kappa shape index (κ2) is 10.5. The zero-order valence-electron chi connectivity index (χ0n) is 15.5. The lowest BCUT2D eigenvalue weighted by Crippen LogP contribution is -2.42. The van der Waals surface area contributed by atoms with Crippen molar-refractivity contribution in [1.82, 2.24) is 10.6 Å². The van der Waals surface area contributed by atoms with Crippen LogP contribution in [0.5, 0.6) is 0 Å². The normalized spacial score (nSPS) is 12.7. The summed E-state index contributed by atoms with van der Waals surface area (Å²) < 4.78 is 5.14. The van der Waals surface area contributed by atoms with Crippen LogP contribution in [-0.4, -0.2) is 26.2 Å². The summed E-state index contributed by atoms with van der Waals surface area (Å²) in [6, 6.07) is 19.4. The fourth-order valence-corrected chi connectivity index (χ4v) is 2.63. The Morgan fingerprint density at radius 2 is 1.68 bits per heavy atom. The summed E-state index contributed by atoms with van der Waals surface area (Å²) in [5, 5.41) is 6.83. The van der Waals surface area contributed by atoms with Gasteiger partial charge in [0.15, 0.2) is 5.96 Å². The maximum absolute atomic E-state index is 5.14. The Kier molecular flexibility index (Phi) is 7.99. The Labute approximate surface area is 151 Å². The SMILES string of the molecule is CN=C(NCc1ccc(COC)cc1)NC(C)CCc1ccccc1. The Bertz CT molecular complexity index is 638. The molecular formula is C21H29N3O. The second-order valence-corrected chi connectivity index (χ2v) is 6.24. The molecule has 0 bridgehead atoms. The van der Waals surface area contributed by atoms with Crippen LogP contribution in [0.15, 0.2) is 59.6 Å². The molecule has 25 heavy (non-hydrogen) atoms. The summed E-state index contributed by atoms with van der Waals surface area (Å²) in [5.41, 5.74) is 3.78. The van der Waals surface area contributed by atoms with Crippen LogP contribution < -0.4 is 10.6 Å². The minimum atomic E-state index is 0.357. The van der Waals surface area contributed by atoms with Crippen molar-refractivity contribution < 1.29 is 4.74 Å². The summed E-state index contributed by atoms with van der Waals surface area (Å²) in [4.78, 5) is 4.32. The van der Waals surface area contributed by atoms with Gasteiger partial charge in [0.1, 0.15) is 0 Å². The van der Waals surface area contributed by atoms with Gasteiger partial charge in [0.2, 0.25) is 0 Å². The summed E-state index contributed by atoms with van der Waals surface area (Å²) in [6.45, 7) is 3.59. The summed E-state index contributed by atoms with van der Waals surface area (Å²) >= 11 is 0. The molecule has 0 aromatic heterocycles. The minimum Gasteiger partial charge on any atom is -0.380 e. The van der Waals surface area contributed by atoms with Crippen LogP contribution in [0, 0.1) is 0 Å². The highest BCUT2D eigenvalue weighted by atomic mass is 16.5. The predicted molar refractivity (Wildman–Crippen MR) is 105 cm³/mol. The highest BCUT2D eigenvalue weighted by Gasteiger charge is 2.06. The van der Waals surface area contributed by atoms with Gasteiger partial charge in [-0.3, -0.25) is 4.99 Å². The number of hydrogen-bond donors (Lipinski definition) is 2. The number of benzene rings is 2. The van der Waals surface area contributed by atoms with Crippen molar-refractivity contribution in [2.45, 2.75) is 39.0 Å². The van der Waals surface area contributed by atoms with Crippen molar-refractivity contribution in [3.05, 3.63) is 71.3 Å². The van der Waals surface area contributed by atoms with Crippen LogP contribution in [0.4, 0.5) is 0 Å². The first-order valence-electron chi connectivity index (χ1n) is 8.79. The van der Waals surface area contributed by atoms with Gasteiger partial charge in [-0.25, -0.2) is 0 Å². The lowest BCUT2D eigenvalue weighted by Gasteiger charge is -2.18. The van der Waals surface area contributed by atoms with Crippen molar-refractivity contribution in [1.29, 1.82) is 0 Å². The molecule has 2 aromatic carbocycles. The van der Waals surface area contributed by atoms with E-state index in [0.717, 1.165) is 25.3 Å². The van der Waals surface area contributed by atoms with Crippen molar-refractivity contribution >= 4 is 5.96 Å². The summed E-state index contributed by atoms with van der Waals surface area (Å²) in [7, 11) is 3.52. The molecule has 0 saturated heterocycles. The molecule has 0 aliphatic heterocycles. The molecule has 2 aromatic rings. The van der Waals surface area contributed by atoms with E-state index in [1.54, 1.807) is 14.2 Å².